The summed E-state index contributed by atoms with van der Waals surface area (Å²) < 4.78 is 22.2. The van der Waals surface area contributed by atoms with E-state index >= 15 is 0 Å². The topological polar surface area (TPSA) is 112 Å². The number of aromatic nitrogens is 1. The zero-order valence-corrected chi connectivity index (χ0v) is 18.0. The highest BCUT2D eigenvalue weighted by Crippen LogP contribution is 2.29. The molecule has 2 N–H and O–H groups in total. The van der Waals surface area contributed by atoms with Crippen molar-refractivity contribution in [3.8, 4) is 0 Å². The van der Waals surface area contributed by atoms with Crippen LogP contribution in [0.4, 0.5) is 10.5 Å². The number of anilines is 1. The summed E-state index contributed by atoms with van der Waals surface area (Å²) in [5.74, 6) is 0.581. The highest BCUT2D eigenvalue weighted by molar-refractivity contribution is 5.96. The largest absolute Gasteiger partial charge is 0.441 e. The standard InChI is InChI=1S/C22H27N3O6/c1-11(2)14-5-7-15(8-6-14)23-22(27)30-17-10-29-19-16(9-28-20(17)19)24-21(26)18-12(3)25-31-13(18)4/h5-8,11,16-17,19-20H,9-10H2,1-4H3,(H,23,27)(H,24,26)/t16-,17+,19+,20+/m0/s1. The smallest absolute Gasteiger partial charge is 0.412 e. The average molecular weight is 429 g/mol. The number of rotatable bonds is 5. The molecule has 0 saturated carbocycles. The summed E-state index contributed by atoms with van der Waals surface area (Å²) in [5, 5.41) is 9.46. The van der Waals surface area contributed by atoms with Gasteiger partial charge in [-0.25, -0.2) is 4.79 Å². The summed E-state index contributed by atoms with van der Waals surface area (Å²) in [6.45, 7) is 8.09. The lowest BCUT2D eigenvalue weighted by Gasteiger charge is -2.18. The van der Waals surface area contributed by atoms with Crippen LogP contribution in [-0.4, -0.2) is 54.7 Å². The van der Waals surface area contributed by atoms with Crippen molar-refractivity contribution >= 4 is 17.7 Å². The molecule has 0 radical (unpaired) electrons. The van der Waals surface area contributed by atoms with E-state index in [-0.39, 0.29) is 25.2 Å². The molecule has 4 rings (SSSR count). The van der Waals surface area contributed by atoms with Crippen molar-refractivity contribution in [1.29, 1.82) is 0 Å². The first kappa shape index (κ1) is 21.3. The van der Waals surface area contributed by atoms with Crippen LogP contribution in [-0.2, 0) is 14.2 Å². The number of aryl methyl sites for hydroxylation is 2. The van der Waals surface area contributed by atoms with Gasteiger partial charge in [-0.15, -0.1) is 0 Å². The predicted molar refractivity (Wildman–Crippen MR) is 111 cm³/mol. The number of nitrogens with zero attached hydrogens (tertiary/aromatic N) is 1. The Morgan fingerprint density at radius 3 is 2.45 bits per heavy atom. The molecule has 2 aliphatic rings. The number of fused-ring (bicyclic) bond motifs is 1. The van der Waals surface area contributed by atoms with Gasteiger partial charge >= 0.3 is 6.09 Å². The first-order valence-electron chi connectivity index (χ1n) is 10.4. The summed E-state index contributed by atoms with van der Waals surface area (Å²) in [4.78, 5) is 24.9. The van der Waals surface area contributed by atoms with Crippen molar-refractivity contribution in [3.05, 3.63) is 46.8 Å². The van der Waals surface area contributed by atoms with E-state index in [1.54, 1.807) is 13.8 Å². The number of amides is 2. The van der Waals surface area contributed by atoms with Gasteiger partial charge in [0.05, 0.1) is 24.9 Å². The van der Waals surface area contributed by atoms with Gasteiger partial charge in [0.25, 0.3) is 5.91 Å². The van der Waals surface area contributed by atoms with Crippen LogP contribution in [0.3, 0.4) is 0 Å². The van der Waals surface area contributed by atoms with Gasteiger partial charge in [-0.3, -0.25) is 10.1 Å². The van der Waals surface area contributed by atoms with Crippen molar-refractivity contribution in [2.75, 3.05) is 18.5 Å². The fraction of sp³-hybridized carbons (Fsp3) is 0.500. The molecule has 2 aliphatic heterocycles. The van der Waals surface area contributed by atoms with Crippen LogP contribution in [0.2, 0.25) is 0 Å². The summed E-state index contributed by atoms with van der Waals surface area (Å²) >= 11 is 0. The fourth-order valence-electron chi connectivity index (χ4n) is 3.97. The summed E-state index contributed by atoms with van der Waals surface area (Å²) in [5.41, 5.74) is 2.78. The molecule has 2 amide bonds. The molecule has 2 aromatic rings. The summed E-state index contributed by atoms with van der Waals surface area (Å²) in [7, 11) is 0. The summed E-state index contributed by atoms with van der Waals surface area (Å²) in [6.07, 6.45) is -1.96. The minimum atomic E-state index is -0.571. The number of benzene rings is 1. The van der Waals surface area contributed by atoms with Gasteiger partial charge in [0.1, 0.15) is 23.5 Å². The van der Waals surface area contributed by atoms with Crippen LogP contribution in [0.5, 0.6) is 0 Å². The highest BCUT2D eigenvalue weighted by Gasteiger charge is 2.50. The quantitative estimate of drug-likeness (QED) is 0.751. The fourth-order valence-corrected chi connectivity index (χ4v) is 3.97. The van der Waals surface area contributed by atoms with Gasteiger partial charge in [0.15, 0.2) is 6.10 Å². The monoisotopic (exact) mass is 429 g/mol. The Balaban J connectivity index is 1.31. The van der Waals surface area contributed by atoms with Crippen molar-refractivity contribution in [3.63, 3.8) is 0 Å². The molecular weight excluding hydrogens is 402 g/mol. The van der Waals surface area contributed by atoms with E-state index < -0.39 is 24.4 Å². The number of nitrogens with one attached hydrogen (secondary N) is 2. The molecule has 1 aromatic carbocycles. The van der Waals surface area contributed by atoms with Crippen molar-refractivity contribution < 1.29 is 28.3 Å². The molecule has 2 saturated heterocycles. The van der Waals surface area contributed by atoms with E-state index in [0.29, 0.717) is 28.6 Å². The molecule has 2 fully saturated rings. The third-order valence-electron chi connectivity index (χ3n) is 5.67. The van der Waals surface area contributed by atoms with Gasteiger partial charge in [-0.05, 0) is 37.5 Å². The van der Waals surface area contributed by atoms with Crippen molar-refractivity contribution in [1.82, 2.24) is 10.5 Å². The molecule has 166 valence electrons. The molecule has 31 heavy (non-hydrogen) atoms. The van der Waals surface area contributed by atoms with E-state index in [1.165, 1.54) is 5.56 Å². The second-order valence-electron chi connectivity index (χ2n) is 8.22. The Kier molecular flexibility index (Phi) is 5.97. The maximum Gasteiger partial charge on any atom is 0.412 e. The maximum absolute atomic E-state index is 12.6. The molecular formula is C22H27N3O6. The second-order valence-corrected chi connectivity index (χ2v) is 8.22. The SMILES string of the molecule is Cc1noc(C)c1C(=O)N[C@H]1CO[C@H]2[C@@H]1OC[C@H]2OC(=O)Nc1ccc(C(C)C)cc1. The lowest BCUT2D eigenvalue weighted by atomic mass is 10.0. The predicted octanol–water partition coefficient (Wildman–Crippen LogP) is 2.93. The summed E-state index contributed by atoms with van der Waals surface area (Å²) in [6, 6.07) is 7.28. The molecule has 1 aromatic heterocycles. The first-order valence-corrected chi connectivity index (χ1v) is 10.4. The normalized spacial score (nSPS) is 24.8. The van der Waals surface area contributed by atoms with Gasteiger partial charge < -0.3 is 24.1 Å². The molecule has 9 heteroatoms. The Labute approximate surface area is 180 Å². The van der Waals surface area contributed by atoms with E-state index in [4.69, 9.17) is 18.7 Å². The second kappa shape index (κ2) is 8.68. The number of hydrogen-bond donors (Lipinski definition) is 2. The van der Waals surface area contributed by atoms with Gasteiger partial charge in [0, 0.05) is 5.69 Å². The molecule has 0 aliphatic carbocycles. The van der Waals surface area contributed by atoms with Gasteiger partial charge in [-0.2, -0.15) is 0 Å². The molecule has 3 heterocycles. The Morgan fingerprint density at radius 1 is 1.10 bits per heavy atom. The van der Waals surface area contributed by atoms with Crippen molar-refractivity contribution in [2.24, 2.45) is 0 Å². The van der Waals surface area contributed by atoms with Crippen LogP contribution >= 0.6 is 0 Å². The van der Waals surface area contributed by atoms with Crippen LogP contribution < -0.4 is 10.6 Å². The zero-order valence-electron chi connectivity index (χ0n) is 18.0. The minimum absolute atomic E-state index is 0.201. The van der Waals surface area contributed by atoms with E-state index in [0.717, 1.165) is 0 Å². The van der Waals surface area contributed by atoms with E-state index in [9.17, 15) is 9.59 Å². The first-order chi connectivity index (χ1) is 14.8. The van der Waals surface area contributed by atoms with E-state index in [1.807, 2.05) is 24.3 Å². The number of ether oxygens (including phenoxy) is 3. The molecule has 0 bridgehead atoms. The number of carbonyl (C=O) groups excluding carboxylic acids is 2. The Hall–Kier alpha value is -2.91. The van der Waals surface area contributed by atoms with Crippen molar-refractivity contribution in [2.45, 2.75) is 58.0 Å². The third kappa shape index (κ3) is 4.42. The minimum Gasteiger partial charge on any atom is -0.441 e. The number of hydrogen-bond acceptors (Lipinski definition) is 7. The van der Waals surface area contributed by atoms with E-state index in [2.05, 4.69) is 29.6 Å². The molecule has 0 unspecified atom stereocenters. The van der Waals surface area contributed by atoms with Crippen LogP contribution in [0.15, 0.2) is 28.8 Å². The maximum atomic E-state index is 12.6. The lowest BCUT2D eigenvalue weighted by molar-refractivity contribution is 0.00862. The third-order valence-corrected chi connectivity index (χ3v) is 5.67. The van der Waals surface area contributed by atoms with Gasteiger partial charge in [0.2, 0.25) is 0 Å². The molecule has 0 spiro atoms. The average Bonchev–Trinajstić information content (AvgIpc) is 3.39. The highest BCUT2D eigenvalue weighted by atomic mass is 16.6. The van der Waals surface area contributed by atoms with Crippen LogP contribution in [0, 0.1) is 13.8 Å². The molecule has 9 nitrogen and oxygen atoms in total. The van der Waals surface area contributed by atoms with Crippen LogP contribution in [0.25, 0.3) is 0 Å². The zero-order chi connectivity index (χ0) is 22.1. The number of carbonyl (C=O) groups is 2. The molecule has 4 atom stereocenters. The van der Waals surface area contributed by atoms with Gasteiger partial charge in [-0.1, -0.05) is 31.1 Å². The van der Waals surface area contributed by atoms with Crippen LogP contribution in [0.1, 0.15) is 47.1 Å². The Morgan fingerprint density at radius 2 is 1.81 bits per heavy atom. The Bertz CT molecular complexity index is 935. The lowest BCUT2D eigenvalue weighted by Crippen LogP contribution is -2.44.